The molecule has 128 valence electrons. The van der Waals surface area contributed by atoms with Crippen molar-refractivity contribution >= 4 is 23.4 Å². The lowest BCUT2D eigenvalue weighted by Gasteiger charge is -2.09. The molecule has 0 spiro atoms. The first kappa shape index (κ1) is 18.3. The molecule has 0 saturated carbocycles. The largest absolute Gasteiger partial charge is 0.325 e. The van der Waals surface area contributed by atoms with Gasteiger partial charge in [-0.2, -0.15) is 0 Å². The van der Waals surface area contributed by atoms with Crippen LogP contribution in [0.5, 0.6) is 0 Å². The Morgan fingerprint density at radius 1 is 0.917 bits per heavy atom. The van der Waals surface area contributed by atoms with Crippen molar-refractivity contribution in [3.63, 3.8) is 0 Å². The van der Waals surface area contributed by atoms with Crippen LogP contribution in [0.4, 0.5) is 27.6 Å². The van der Waals surface area contributed by atoms with Crippen LogP contribution in [0.2, 0.25) is 0 Å². The van der Waals surface area contributed by atoms with E-state index < -0.39 is 45.6 Å². The van der Waals surface area contributed by atoms with Gasteiger partial charge in [0, 0.05) is 5.69 Å². The number of anilines is 1. The maximum Gasteiger partial charge on any atom is 0.234 e. The van der Waals surface area contributed by atoms with Gasteiger partial charge in [0.05, 0.1) is 10.6 Å². The molecule has 1 N–H and O–H groups in total. The molecule has 0 aliphatic carbocycles. The molecule has 0 radical (unpaired) electrons. The fourth-order valence-electron chi connectivity index (χ4n) is 1.87. The van der Waals surface area contributed by atoms with Gasteiger partial charge in [0.15, 0.2) is 23.3 Å². The first-order chi connectivity index (χ1) is 11.3. The van der Waals surface area contributed by atoms with Crippen LogP contribution in [0.25, 0.3) is 0 Å². The summed E-state index contributed by atoms with van der Waals surface area (Å²) in [7, 11) is 0. The summed E-state index contributed by atoms with van der Waals surface area (Å²) in [6, 6.07) is 6.90. The summed E-state index contributed by atoms with van der Waals surface area (Å²) in [6.45, 7) is 1.97. The van der Waals surface area contributed by atoms with E-state index in [-0.39, 0.29) is 11.8 Å². The summed E-state index contributed by atoms with van der Waals surface area (Å²) in [5.41, 5.74) is 1.53. The van der Waals surface area contributed by atoms with Crippen molar-refractivity contribution in [2.75, 3.05) is 11.1 Å². The normalized spacial score (nSPS) is 10.8. The molecular weight excluding hydrogens is 349 g/mol. The van der Waals surface area contributed by atoms with Crippen LogP contribution < -0.4 is 5.32 Å². The second-order valence-corrected chi connectivity index (χ2v) is 5.77. The van der Waals surface area contributed by atoms with Gasteiger partial charge in [0.25, 0.3) is 0 Å². The van der Waals surface area contributed by atoms with Crippen molar-refractivity contribution < 1.29 is 26.7 Å². The van der Waals surface area contributed by atoms with Crippen molar-refractivity contribution in [1.29, 1.82) is 0 Å². The number of hydrogen-bond donors (Lipinski definition) is 1. The van der Waals surface area contributed by atoms with Crippen LogP contribution in [0.3, 0.4) is 0 Å². The third kappa shape index (κ3) is 3.87. The standard InChI is InChI=1S/C16H12F5NOS/c1-2-8-3-5-9(6-4-8)22-10(23)7-24-16-14(20)12(18)11(17)13(19)15(16)21/h3-6H,2,7H2,1H3,(H,22,23). The molecule has 0 saturated heterocycles. The van der Waals surface area contributed by atoms with Gasteiger partial charge in [-0.05, 0) is 24.1 Å². The smallest absolute Gasteiger partial charge is 0.234 e. The highest BCUT2D eigenvalue weighted by atomic mass is 32.2. The summed E-state index contributed by atoms with van der Waals surface area (Å²) < 4.78 is 66.1. The predicted octanol–water partition coefficient (Wildman–Crippen LogP) is 4.68. The minimum Gasteiger partial charge on any atom is -0.325 e. The molecule has 0 atom stereocenters. The Kier molecular flexibility index (Phi) is 5.82. The van der Waals surface area contributed by atoms with Crippen molar-refractivity contribution in [2.24, 2.45) is 0 Å². The number of aryl methyl sites for hydroxylation is 1. The summed E-state index contributed by atoms with van der Waals surface area (Å²) in [6.07, 6.45) is 0.824. The van der Waals surface area contributed by atoms with E-state index in [0.717, 1.165) is 12.0 Å². The second kappa shape index (κ2) is 7.65. The molecule has 0 fully saturated rings. The van der Waals surface area contributed by atoms with E-state index in [2.05, 4.69) is 5.32 Å². The third-order valence-corrected chi connectivity index (χ3v) is 4.22. The fraction of sp³-hybridized carbons (Fsp3) is 0.188. The minimum absolute atomic E-state index is 0.237. The highest BCUT2D eigenvalue weighted by Gasteiger charge is 2.26. The van der Waals surface area contributed by atoms with Gasteiger partial charge < -0.3 is 5.32 Å². The van der Waals surface area contributed by atoms with Gasteiger partial charge in [-0.1, -0.05) is 19.1 Å². The summed E-state index contributed by atoms with van der Waals surface area (Å²) in [5, 5.41) is 2.48. The number of nitrogens with one attached hydrogen (secondary N) is 1. The molecule has 0 aliphatic rings. The van der Waals surface area contributed by atoms with Crippen molar-refractivity contribution in [3.8, 4) is 0 Å². The van der Waals surface area contributed by atoms with Gasteiger partial charge in [0.2, 0.25) is 11.7 Å². The molecule has 2 nitrogen and oxygen atoms in total. The summed E-state index contributed by atoms with van der Waals surface area (Å²) >= 11 is 0.237. The maximum atomic E-state index is 13.5. The molecule has 0 unspecified atom stereocenters. The lowest BCUT2D eigenvalue weighted by atomic mass is 10.1. The zero-order valence-electron chi connectivity index (χ0n) is 12.4. The molecule has 0 heterocycles. The second-order valence-electron chi connectivity index (χ2n) is 4.79. The Balaban J connectivity index is 2.06. The maximum absolute atomic E-state index is 13.5. The number of amides is 1. The van der Waals surface area contributed by atoms with Gasteiger partial charge in [-0.3, -0.25) is 4.79 Å². The van der Waals surface area contributed by atoms with Crippen LogP contribution >= 0.6 is 11.8 Å². The minimum atomic E-state index is -2.23. The summed E-state index contributed by atoms with van der Waals surface area (Å²) in [5.74, 6) is -11.3. The van der Waals surface area contributed by atoms with E-state index in [1.54, 1.807) is 24.3 Å². The SMILES string of the molecule is CCc1ccc(NC(=O)CSc2c(F)c(F)c(F)c(F)c2F)cc1. The molecule has 8 heteroatoms. The number of benzene rings is 2. The topological polar surface area (TPSA) is 29.1 Å². The number of thioether (sulfide) groups is 1. The van der Waals surface area contributed by atoms with E-state index in [0.29, 0.717) is 5.69 Å². The van der Waals surface area contributed by atoms with E-state index in [4.69, 9.17) is 0 Å². The zero-order valence-corrected chi connectivity index (χ0v) is 13.2. The fourth-order valence-corrected chi connectivity index (χ4v) is 2.65. The molecule has 2 aromatic carbocycles. The number of rotatable bonds is 5. The van der Waals surface area contributed by atoms with Crippen molar-refractivity contribution in [1.82, 2.24) is 0 Å². The monoisotopic (exact) mass is 361 g/mol. The lowest BCUT2D eigenvalue weighted by Crippen LogP contribution is -2.14. The van der Waals surface area contributed by atoms with Crippen LogP contribution in [0.15, 0.2) is 29.2 Å². The molecule has 2 rings (SSSR count). The van der Waals surface area contributed by atoms with Crippen LogP contribution in [0, 0.1) is 29.1 Å². The number of halogens is 5. The van der Waals surface area contributed by atoms with Crippen molar-refractivity contribution in [2.45, 2.75) is 18.2 Å². The highest BCUT2D eigenvalue weighted by molar-refractivity contribution is 8.00. The Hall–Kier alpha value is -2.09. The van der Waals surface area contributed by atoms with E-state index in [1.165, 1.54) is 0 Å². The van der Waals surface area contributed by atoms with E-state index in [1.807, 2.05) is 6.92 Å². The Morgan fingerprint density at radius 3 is 1.92 bits per heavy atom. The summed E-state index contributed by atoms with van der Waals surface area (Å²) in [4.78, 5) is 10.7. The molecule has 0 aliphatic heterocycles. The number of carbonyl (C=O) groups excluding carboxylic acids is 1. The van der Waals surface area contributed by atoms with Gasteiger partial charge in [-0.25, -0.2) is 22.0 Å². The average Bonchev–Trinajstić information content (AvgIpc) is 2.59. The average molecular weight is 361 g/mol. The molecule has 24 heavy (non-hydrogen) atoms. The van der Waals surface area contributed by atoms with Crippen LogP contribution in [-0.2, 0) is 11.2 Å². The first-order valence-corrected chi connectivity index (χ1v) is 7.86. The first-order valence-electron chi connectivity index (χ1n) is 6.88. The Labute approximate surface area is 139 Å². The predicted molar refractivity (Wildman–Crippen MR) is 81.4 cm³/mol. The molecule has 1 amide bonds. The Bertz CT molecular complexity index is 735. The molecular formula is C16H12F5NOS. The quantitative estimate of drug-likeness (QED) is 0.363. The highest BCUT2D eigenvalue weighted by Crippen LogP contribution is 2.30. The van der Waals surface area contributed by atoms with Crippen LogP contribution in [0.1, 0.15) is 12.5 Å². The van der Waals surface area contributed by atoms with Crippen LogP contribution in [-0.4, -0.2) is 11.7 Å². The lowest BCUT2D eigenvalue weighted by molar-refractivity contribution is -0.113. The number of hydrogen-bond acceptors (Lipinski definition) is 2. The Morgan fingerprint density at radius 2 is 1.42 bits per heavy atom. The number of carbonyl (C=O) groups is 1. The van der Waals surface area contributed by atoms with E-state index >= 15 is 0 Å². The van der Waals surface area contributed by atoms with Crippen molar-refractivity contribution in [3.05, 3.63) is 58.9 Å². The molecule has 0 aromatic heterocycles. The van der Waals surface area contributed by atoms with Gasteiger partial charge in [-0.15, -0.1) is 11.8 Å². The van der Waals surface area contributed by atoms with E-state index in [9.17, 15) is 26.7 Å². The zero-order chi connectivity index (χ0) is 17.9. The molecule has 2 aromatic rings. The van der Waals surface area contributed by atoms with Gasteiger partial charge in [0.1, 0.15) is 0 Å². The third-order valence-electron chi connectivity index (χ3n) is 3.16. The molecule has 0 bridgehead atoms. The van der Waals surface area contributed by atoms with Gasteiger partial charge >= 0.3 is 0 Å².